The van der Waals surface area contributed by atoms with E-state index in [2.05, 4.69) is 4.98 Å². The number of furan rings is 1. The Morgan fingerprint density at radius 1 is 1.19 bits per heavy atom. The number of rotatable bonds is 5. The lowest BCUT2D eigenvalue weighted by Gasteiger charge is -2.20. The summed E-state index contributed by atoms with van der Waals surface area (Å²) in [5.74, 6) is -0.229. The highest BCUT2D eigenvalue weighted by Gasteiger charge is 2.23. The van der Waals surface area contributed by atoms with Crippen LogP contribution in [0.3, 0.4) is 0 Å². The minimum atomic E-state index is -0.713. The summed E-state index contributed by atoms with van der Waals surface area (Å²) < 4.78 is 25.9. The smallest absolute Gasteiger partial charge is 0.205 e. The zero-order valence-electron chi connectivity index (χ0n) is 17.7. The van der Waals surface area contributed by atoms with E-state index in [1.807, 2.05) is 38.1 Å². The molecule has 0 saturated heterocycles. The zero-order chi connectivity index (χ0) is 23.2. The number of hydrogen-bond acceptors (Lipinski definition) is 5. The average Bonchev–Trinajstić information content (AvgIpc) is 3.17. The fraction of sp³-hybridized carbons (Fsp3) is 0.208. The van der Waals surface area contributed by atoms with Crippen LogP contribution in [0, 0.1) is 5.82 Å². The maximum Gasteiger partial charge on any atom is 0.205 e. The maximum absolute atomic E-state index is 14.0. The molecule has 166 valence electrons. The Labute approximate surface area is 195 Å². The minimum absolute atomic E-state index is 0.106. The van der Waals surface area contributed by atoms with Crippen molar-refractivity contribution in [3.63, 3.8) is 0 Å². The molecule has 32 heavy (non-hydrogen) atoms. The molecule has 0 unspecified atom stereocenters. The minimum Gasteiger partial charge on any atom is -0.478 e. The standard InChI is InChI=1S/C24H22Cl2FN3O2/c1-12(19-17(25)7-8-18(27)20(19)26)32-22-21-15(10-30-23(22)28)16(11-31-21)13-5-4-6-14(9-13)24(2,3)29/h4-12H,29H2,1-3H3,(H2,28,30)/t12-/m1/s1. The van der Waals surface area contributed by atoms with E-state index in [0.717, 1.165) is 16.7 Å². The van der Waals surface area contributed by atoms with Crippen molar-refractivity contribution < 1.29 is 13.5 Å². The molecule has 0 radical (unpaired) electrons. The highest BCUT2D eigenvalue weighted by Crippen LogP contribution is 2.41. The van der Waals surface area contributed by atoms with Crippen molar-refractivity contribution in [2.75, 3.05) is 5.73 Å². The molecule has 0 bridgehead atoms. The molecular weight excluding hydrogens is 452 g/mol. The third-order valence-electron chi connectivity index (χ3n) is 5.30. The molecule has 0 spiro atoms. The highest BCUT2D eigenvalue weighted by molar-refractivity contribution is 6.36. The third kappa shape index (κ3) is 4.01. The van der Waals surface area contributed by atoms with Gasteiger partial charge in [0.15, 0.2) is 11.4 Å². The molecule has 2 aromatic heterocycles. The largest absolute Gasteiger partial charge is 0.478 e. The first-order chi connectivity index (χ1) is 15.1. The van der Waals surface area contributed by atoms with Gasteiger partial charge in [-0.1, -0.05) is 41.4 Å². The molecule has 2 heterocycles. The molecule has 1 atom stereocenters. The number of benzene rings is 2. The van der Waals surface area contributed by atoms with Crippen LogP contribution in [0.15, 0.2) is 53.3 Å². The highest BCUT2D eigenvalue weighted by atomic mass is 35.5. The molecule has 2 aromatic carbocycles. The number of fused-ring (bicyclic) bond motifs is 1. The number of pyridine rings is 1. The van der Waals surface area contributed by atoms with Crippen molar-refractivity contribution in [3.05, 3.63) is 75.8 Å². The van der Waals surface area contributed by atoms with Crippen molar-refractivity contribution in [1.29, 1.82) is 0 Å². The van der Waals surface area contributed by atoms with Crippen LogP contribution in [-0.2, 0) is 5.54 Å². The second kappa shape index (κ2) is 8.28. The van der Waals surface area contributed by atoms with Crippen LogP contribution in [0.4, 0.5) is 10.2 Å². The van der Waals surface area contributed by atoms with Gasteiger partial charge in [0, 0.05) is 27.9 Å². The van der Waals surface area contributed by atoms with Gasteiger partial charge in [0.1, 0.15) is 11.9 Å². The van der Waals surface area contributed by atoms with Gasteiger partial charge in [0.2, 0.25) is 5.75 Å². The van der Waals surface area contributed by atoms with E-state index in [-0.39, 0.29) is 21.6 Å². The molecular formula is C24H22Cl2FN3O2. The van der Waals surface area contributed by atoms with Crippen LogP contribution in [-0.4, -0.2) is 4.98 Å². The lowest BCUT2D eigenvalue weighted by molar-refractivity contribution is 0.227. The predicted octanol–water partition coefficient (Wildman–Crippen LogP) is 6.86. The number of halogens is 3. The van der Waals surface area contributed by atoms with Crippen molar-refractivity contribution in [2.45, 2.75) is 32.4 Å². The SMILES string of the molecule is C[C@@H](Oc1c(N)ncc2c(-c3cccc(C(C)(C)N)c3)coc12)c1c(Cl)ccc(F)c1Cl. The number of hydrogen-bond donors (Lipinski definition) is 2. The lowest BCUT2D eigenvalue weighted by Crippen LogP contribution is -2.28. The quantitative estimate of drug-likeness (QED) is 0.309. The summed E-state index contributed by atoms with van der Waals surface area (Å²) >= 11 is 12.4. The van der Waals surface area contributed by atoms with Crippen molar-refractivity contribution in [1.82, 2.24) is 4.98 Å². The number of aromatic nitrogens is 1. The van der Waals surface area contributed by atoms with Gasteiger partial charge in [0.25, 0.3) is 0 Å². The molecule has 0 aliphatic heterocycles. The molecule has 4 rings (SSSR count). The molecule has 0 aliphatic carbocycles. The predicted molar refractivity (Wildman–Crippen MR) is 127 cm³/mol. The van der Waals surface area contributed by atoms with E-state index >= 15 is 0 Å². The van der Waals surface area contributed by atoms with Crippen LogP contribution in [0.2, 0.25) is 10.0 Å². The van der Waals surface area contributed by atoms with E-state index in [1.54, 1.807) is 19.4 Å². The van der Waals surface area contributed by atoms with E-state index in [1.165, 1.54) is 12.1 Å². The Morgan fingerprint density at radius 3 is 2.66 bits per heavy atom. The second-order valence-electron chi connectivity index (χ2n) is 8.18. The van der Waals surface area contributed by atoms with E-state index in [4.69, 9.17) is 43.8 Å². The van der Waals surface area contributed by atoms with Gasteiger partial charge in [0.05, 0.1) is 16.7 Å². The van der Waals surface area contributed by atoms with Crippen molar-refractivity contribution in [3.8, 4) is 16.9 Å². The summed E-state index contributed by atoms with van der Waals surface area (Å²) in [5.41, 5.74) is 15.3. The molecule has 4 aromatic rings. The summed E-state index contributed by atoms with van der Waals surface area (Å²) in [6.07, 6.45) is 2.53. The van der Waals surface area contributed by atoms with Gasteiger partial charge < -0.3 is 20.6 Å². The summed E-state index contributed by atoms with van der Waals surface area (Å²) in [7, 11) is 0. The van der Waals surface area contributed by atoms with Gasteiger partial charge in [-0.2, -0.15) is 0 Å². The Kier molecular flexibility index (Phi) is 5.79. The molecule has 5 nitrogen and oxygen atoms in total. The topological polar surface area (TPSA) is 87.3 Å². The van der Waals surface area contributed by atoms with Crippen LogP contribution in [0.1, 0.15) is 38.0 Å². The van der Waals surface area contributed by atoms with E-state index in [9.17, 15) is 4.39 Å². The second-order valence-corrected chi connectivity index (χ2v) is 8.97. The van der Waals surface area contributed by atoms with Gasteiger partial charge in [-0.3, -0.25) is 0 Å². The molecule has 8 heteroatoms. The van der Waals surface area contributed by atoms with Crippen molar-refractivity contribution >= 4 is 40.0 Å². The molecule has 0 aliphatic rings. The molecule has 0 fully saturated rings. The average molecular weight is 474 g/mol. The van der Waals surface area contributed by atoms with Crippen molar-refractivity contribution in [2.24, 2.45) is 5.73 Å². The first-order valence-electron chi connectivity index (χ1n) is 9.93. The summed E-state index contributed by atoms with van der Waals surface area (Å²) in [6, 6.07) is 10.5. The number of anilines is 1. The van der Waals surface area contributed by atoms with Gasteiger partial charge >= 0.3 is 0 Å². The fourth-order valence-electron chi connectivity index (χ4n) is 3.56. The Hall–Kier alpha value is -2.80. The number of nitrogen functional groups attached to an aromatic ring is 1. The third-order valence-corrected chi connectivity index (χ3v) is 6.01. The molecule has 4 N–H and O–H groups in total. The first kappa shape index (κ1) is 22.4. The number of nitrogens with zero attached hydrogens (tertiary/aromatic N) is 1. The fourth-order valence-corrected chi connectivity index (χ4v) is 4.23. The van der Waals surface area contributed by atoms with Crippen LogP contribution < -0.4 is 16.2 Å². The van der Waals surface area contributed by atoms with Gasteiger partial charge in [-0.15, -0.1) is 0 Å². The number of nitrogens with two attached hydrogens (primary N) is 2. The summed E-state index contributed by atoms with van der Waals surface area (Å²) in [4.78, 5) is 4.27. The zero-order valence-corrected chi connectivity index (χ0v) is 19.3. The van der Waals surface area contributed by atoms with Gasteiger partial charge in [-0.05, 0) is 50.1 Å². The van der Waals surface area contributed by atoms with Crippen LogP contribution in [0.5, 0.6) is 5.75 Å². The Bertz CT molecular complexity index is 1310. The van der Waals surface area contributed by atoms with E-state index < -0.39 is 17.5 Å². The lowest BCUT2D eigenvalue weighted by atomic mass is 9.92. The monoisotopic (exact) mass is 473 g/mol. The molecule has 0 saturated carbocycles. The summed E-state index contributed by atoms with van der Waals surface area (Å²) in [5, 5.41) is 0.888. The normalized spacial score (nSPS) is 12.8. The molecule has 0 amide bonds. The summed E-state index contributed by atoms with van der Waals surface area (Å²) in [6.45, 7) is 5.58. The number of ether oxygens (including phenoxy) is 1. The van der Waals surface area contributed by atoms with Crippen LogP contribution in [0.25, 0.3) is 22.1 Å². The van der Waals surface area contributed by atoms with E-state index in [0.29, 0.717) is 16.5 Å². The van der Waals surface area contributed by atoms with Crippen LogP contribution >= 0.6 is 23.2 Å². The van der Waals surface area contributed by atoms with Gasteiger partial charge in [-0.25, -0.2) is 9.37 Å². The first-order valence-corrected chi connectivity index (χ1v) is 10.7. The Balaban J connectivity index is 1.78. The maximum atomic E-state index is 14.0. The Morgan fingerprint density at radius 2 is 1.94 bits per heavy atom.